The number of nitrogens with one attached hydrogen (secondary N) is 1. The minimum Gasteiger partial charge on any atom is -0.372 e. The van der Waals surface area contributed by atoms with Gasteiger partial charge in [-0.25, -0.2) is 4.39 Å². The van der Waals surface area contributed by atoms with E-state index in [4.69, 9.17) is 5.73 Å². The number of hydrogen-bond donors (Lipinski definition) is 2. The third kappa shape index (κ3) is 8.05. The summed E-state index contributed by atoms with van der Waals surface area (Å²) < 4.78 is 12.0. The van der Waals surface area contributed by atoms with Crippen molar-refractivity contribution in [1.29, 1.82) is 0 Å². The van der Waals surface area contributed by atoms with Gasteiger partial charge in [0.15, 0.2) is 0 Å². The monoisotopic (exact) mass is 202 g/mol. The number of rotatable bonds is 9. The van der Waals surface area contributed by atoms with Crippen molar-refractivity contribution in [2.75, 3.05) is 6.67 Å². The molecule has 0 aromatic heterocycles. The third-order valence-electron chi connectivity index (χ3n) is 2.14. The van der Waals surface area contributed by atoms with Crippen molar-refractivity contribution < 1.29 is 4.39 Å². The zero-order valence-electron chi connectivity index (χ0n) is 9.19. The molecule has 0 rings (SSSR count). The van der Waals surface area contributed by atoms with Gasteiger partial charge in [-0.1, -0.05) is 39.2 Å². The average molecular weight is 202 g/mol. The highest BCUT2D eigenvalue weighted by Crippen LogP contribution is 2.08. The normalized spacial score (nSPS) is 12.5. The van der Waals surface area contributed by atoms with Crippen molar-refractivity contribution in [3.05, 3.63) is 12.3 Å². The van der Waals surface area contributed by atoms with Gasteiger partial charge >= 0.3 is 0 Å². The van der Waals surface area contributed by atoms with Crippen molar-refractivity contribution in [2.24, 2.45) is 5.73 Å². The van der Waals surface area contributed by atoms with Gasteiger partial charge in [0.05, 0.1) is 0 Å². The predicted molar refractivity (Wildman–Crippen MR) is 59.6 cm³/mol. The van der Waals surface area contributed by atoms with Crippen LogP contribution in [-0.4, -0.2) is 12.8 Å². The number of unbranched alkanes of at least 4 members (excludes halogenated alkanes) is 4. The molecule has 1 atom stereocenters. The van der Waals surface area contributed by atoms with Gasteiger partial charge in [0.25, 0.3) is 0 Å². The lowest BCUT2D eigenvalue weighted by molar-refractivity contribution is 0.396. The van der Waals surface area contributed by atoms with Crippen LogP contribution in [0.4, 0.5) is 4.39 Å². The Kier molecular flexibility index (Phi) is 8.64. The summed E-state index contributed by atoms with van der Waals surface area (Å²) in [5, 5.41) is 2.83. The van der Waals surface area contributed by atoms with E-state index in [0.29, 0.717) is 0 Å². The van der Waals surface area contributed by atoms with Gasteiger partial charge in [0, 0.05) is 5.70 Å². The molecule has 2 nitrogen and oxygen atoms in total. The lowest BCUT2D eigenvalue weighted by Crippen LogP contribution is -2.38. The van der Waals surface area contributed by atoms with Crippen molar-refractivity contribution in [3.8, 4) is 0 Å². The van der Waals surface area contributed by atoms with Crippen molar-refractivity contribution in [2.45, 2.75) is 51.6 Å². The summed E-state index contributed by atoms with van der Waals surface area (Å²) in [6, 6.07) is 0. The van der Waals surface area contributed by atoms with Crippen molar-refractivity contribution in [3.63, 3.8) is 0 Å². The van der Waals surface area contributed by atoms with Crippen LogP contribution in [0, 0.1) is 0 Å². The van der Waals surface area contributed by atoms with E-state index in [2.05, 4.69) is 18.8 Å². The molecule has 0 radical (unpaired) electrons. The van der Waals surface area contributed by atoms with Gasteiger partial charge in [0.2, 0.25) is 0 Å². The first kappa shape index (κ1) is 13.4. The molecular weight excluding hydrogens is 179 g/mol. The van der Waals surface area contributed by atoms with Gasteiger partial charge in [0.1, 0.15) is 12.8 Å². The van der Waals surface area contributed by atoms with Crippen molar-refractivity contribution >= 4 is 0 Å². The molecule has 0 spiro atoms. The standard InChI is InChI=1S/C11H23FN2/c1-3-4-5-6-7-8-10(2)14-11(13)9-12/h11,14H,2-9,13H2,1H3. The molecule has 0 aliphatic rings. The highest BCUT2D eigenvalue weighted by Gasteiger charge is 2.01. The molecule has 0 saturated carbocycles. The molecule has 3 N–H and O–H groups in total. The molecule has 1 unspecified atom stereocenters. The third-order valence-corrected chi connectivity index (χ3v) is 2.14. The molecule has 0 heterocycles. The Morgan fingerprint density at radius 3 is 2.57 bits per heavy atom. The minimum atomic E-state index is -0.585. The van der Waals surface area contributed by atoms with Gasteiger partial charge < -0.3 is 11.1 Å². The molecule has 0 aliphatic heterocycles. The summed E-state index contributed by atoms with van der Waals surface area (Å²) in [5.41, 5.74) is 6.23. The zero-order valence-corrected chi connectivity index (χ0v) is 9.19. The highest BCUT2D eigenvalue weighted by atomic mass is 19.1. The Balaban J connectivity index is 3.27. The quantitative estimate of drug-likeness (QED) is 0.445. The summed E-state index contributed by atoms with van der Waals surface area (Å²) in [7, 11) is 0. The van der Waals surface area contributed by atoms with Crippen LogP contribution in [0.5, 0.6) is 0 Å². The molecule has 0 aromatic carbocycles. The first-order chi connectivity index (χ1) is 6.70. The maximum absolute atomic E-state index is 12.0. The molecule has 0 saturated heterocycles. The molecule has 0 fully saturated rings. The zero-order chi connectivity index (χ0) is 10.8. The summed E-state index contributed by atoms with van der Waals surface area (Å²) in [6.45, 7) is 5.45. The van der Waals surface area contributed by atoms with Gasteiger partial charge in [-0.3, -0.25) is 0 Å². The van der Waals surface area contributed by atoms with Crippen LogP contribution in [0.3, 0.4) is 0 Å². The Bertz CT molecular complexity index is 148. The van der Waals surface area contributed by atoms with E-state index >= 15 is 0 Å². The average Bonchev–Trinajstić information content (AvgIpc) is 2.17. The largest absolute Gasteiger partial charge is 0.372 e. The Labute approximate surface area is 86.8 Å². The SMILES string of the molecule is C=C(CCCCCCC)NC(N)CF. The van der Waals surface area contributed by atoms with Crippen LogP contribution in [0.2, 0.25) is 0 Å². The maximum atomic E-state index is 12.0. The molecular formula is C11H23FN2. The number of allylic oxidation sites excluding steroid dienone is 1. The fraction of sp³-hybridized carbons (Fsp3) is 0.818. The molecule has 0 aromatic rings. The van der Waals surface area contributed by atoms with E-state index in [9.17, 15) is 4.39 Å². The van der Waals surface area contributed by atoms with E-state index < -0.39 is 12.8 Å². The smallest absolute Gasteiger partial charge is 0.123 e. The molecule has 84 valence electrons. The van der Waals surface area contributed by atoms with E-state index in [-0.39, 0.29) is 0 Å². The van der Waals surface area contributed by atoms with Gasteiger partial charge in [-0.15, -0.1) is 0 Å². The van der Waals surface area contributed by atoms with E-state index in [1.165, 1.54) is 25.7 Å². The molecule has 0 amide bonds. The van der Waals surface area contributed by atoms with Crippen molar-refractivity contribution in [1.82, 2.24) is 5.32 Å². The second-order valence-corrected chi connectivity index (χ2v) is 3.67. The fourth-order valence-corrected chi connectivity index (χ4v) is 1.31. The molecule has 0 aliphatic carbocycles. The fourth-order valence-electron chi connectivity index (χ4n) is 1.31. The molecule has 0 bridgehead atoms. The maximum Gasteiger partial charge on any atom is 0.123 e. The summed E-state index contributed by atoms with van der Waals surface area (Å²) in [6.07, 6.45) is 6.48. The highest BCUT2D eigenvalue weighted by molar-refractivity contribution is 4.92. The Morgan fingerprint density at radius 1 is 1.36 bits per heavy atom. The van der Waals surface area contributed by atoms with Crippen LogP contribution in [0.15, 0.2) is 12.3 Å². The number of alkyl halides is 1. The van der Waals surface area contributed by atoms with Gasteiger partial charge in [-0.05, 0) is 12.8 Å². The lowest BCUT2D eigenvalue weighted by Gasteiger charge is -2.13. The van der Waals surface area contributed by atoms with Gasteiger partial charge in [-0.2, -0.15) is 0 Å². The predicted octanol–water partition coefficient (Wildman–Crippen LogP) is 2.70. The number of hydrogen-bond acceptors (Lipinski definition) is 2. The van der Waals surface area contributed by atoms with E-state index in [0.717, 1.165) is 18.5 Å². The van der Waals surface area contributed by atoms with Crippen LogP contribution in [0.1, 0.15) is 45.4 Å². The van der Waals surface area contributed by atoms with Crippen LogP contribution >= 0.6 is 0 Å². The Morgan fingerprint density at radius 2 is 2.00 bits per heavy atom. The second-order valence-electron chi connectivity index (χ2n) is 3.67. The van der Waals surface area contributed by atoms with Crippen LogP contribution < -0.4 is 11.1 Å². The van der Waals surface area contributed by atoms with Crippen LogP contribution in [0.25, 0.3) is 0 Å². The molecule has 14 heavy (non-hydrogen) atoms. The summed E-state index contributed by atoms with van der Waals surface area (Å²) in [4.78, 5) is 0. The van der Waals surface area contributed by atoms with E-state index in [1.807, 2.05) is 0 Å². The summed E-state index contributed by atoms with van der Waals surface area (Å²) in [5.74, 6) is 0. The summed E-state index contributed by atoms with van der Waals surface area (Å²) >= 11 is 0. The number of halogens is 1. The first-order valence-electron chi connectivity index (χ1n) is 5.46. The second kappa shape index (κ2) is 9.00. The first-order valence-corrected chi connectivity index (χ1v) is 5.46. The van der Waals surface area contributed by atoms with E-state index in [1.54, 1.807) is 0 Å². The number of nitrogens with two attached hydrogens (primary N) is 1. The minimum absolute atomic E-state index is 0.547. The Hall–Kier alpha value is -0.570. The molecule has 3 heteroatoms. The topological polar surface area (TPSA) is 38.0 Å². The van der Waals surface area contributed by atoms with Crippen LogP contribution in [-0.2, 0) is 0 Å². The lowest BCUT2D eigenvalue weighted by atomic mass is 10.1.